The van der Waals surface area contributed by atoms with Gasteiger partial charge in [-0.25, -0.2) is 4.98 Å². The number of aliphatic hydroxyl groups is 2. The van der Waals surface area contributed by atoms with Crippen LogP contribution >= 0.6 is 11.8 Å². The molecular weight excluding hydrogens is 1780 g/mol. The number of para-hydroxylation sites is 2. The van der Waals surface area contributed by atoms with Crippen molar-refractivity contribution in [2.24, 2.45) is 23.1 Å². The zero-order chi connectivity index (χ0) is 99.3. The Labute approximate surface area is 792 Å². The molecule has 0 spiro atoms. The number of aromatic amines is 3. The number of hydrogen-bond acceptors (Lipinski definition) is 23. The molecule has 136 heavy (non-hydrogen) atoms. The van der Waals surface area contributed by atoms with E-state index in [-0.39, 0.29) is 114 Å². The number of carbonyl (C=O) groups is 16. The maximum Gasteiger partial charge on any atom is 0.246 e. The van der Waals surface area contributed by atoms with Gasteiger partial charge >= 0.3 is 0 Å². The van der Waals surface area contributed by atoms with Gasteiger partial charge in [0.05, 0.1) is 43.7 Å². The van der Waals surface area contributed by atoms with Crippen LogP contribution in [0.1, 0.15) is 154 Å². The highest BCUT2D eigenvalue weighted by atomic mass is 32.2. The number of hydrogen-bond donors (Lipinski definition) is 21. The van der Waals surface area contributed by atoms with E-state index in [1.54, 1.807) is 81.7 Å². The van der Waals surface area contributed by atoms with E-state index in [2.05, 4.69) is 78.4 Å². The number of nitrogens with two attached hydrogens (primary N) is 3. The molecule has 3 fully saturated rings. The molecule has 3 saturated heterocycles. The molecule has 3 aliphatic heterocycles. The standard InChI is InChI=1S/C92H132N24O19S/c1-10-12-25-71-84(128)104-62(24-18-34-98-92(95)96)80(124)111-70(79(123)101-45-76(94)120)47-136-48-77(121)103-66(37-53-29-31-57(118)32-30-53)87(131)112(7)52(6)78(122)107-68(41-75(93)119)89(133)115-35-19-27-72(115)85(129)106-64(40-56-44-97-49-102-56)82(126)108-65(36-50(3)4)90(134)116-51(5)28-33-73(116)86(130)105-63(38-54-42-99-60-22-16-14-20-58(54)60)81(125)110-69(46-117)83(127)109-67(39-55-43-100-61-23-17-15-21-59(55)61)88(132)114(9)74(26-13-11-2)91(135)113(71)8/h14-17,20-23,29-32,42-44,49-52,62-74,80,99-100,111,117-118,124H,10-13,18-19,24-28,33-41,45-48H2,1-9H3,(H2,93,119)(H2,94,120)(H,97,102)(H,101,123)(H,103,121)(H,104,128)(H,105,130)(H,106,129)(H,107,122)(H,108,126)(H,109,127)(H,110,125)(H4,95,96,98)/t51-,52-,62-,63-,64-,65-,66-,67-,68-,69-,70?,71-,72-,73-,74-,80?/m0/s1. The lowest BCUT2D eigenvalue weighted by Gasteiger charge is -2.37. The van der Waals surface area contributed by atoms with Crippen LogP contribution in [0, 0.1) is 11.3 Å². The van der Waals surface area contributed by atoms with Crippen molar-refractivity contribution in [2.45, 2.75) is 254 Å². The largest absolute Gasteiger partial charge is 0.508 e. The average molecular weight is 1910 g/mol. The number of aromatic nitrogens is 4. The fraction of sp³-hybridized carbons (Fsp3) is 0.543. The molecule has 43 nitrogen and oxygen atoms in total. The molecule has 44 heteroatoms. The van der Waals surface area contributed by atoms with Crippen molar-refractivity contribution in [3.05, 3.63) is 120 Å². The summed E-state index contributed by atoms with van der Waals surface area (Å²) in [6.45, 7) is 8.48. The van der Waals surface area contributed by atoms with Crippen LogP contribution in [0.4, 0.5) is 0 Å². The summed E-state index contributed by atoms with van der Waals surface area (Å²) in [5, 5.41) is 72.9. The number of benzene rings is 3. The number of fused-ring (bicyclic) bond motifs is 4. The smallest absolute Gasteiger partial charge is 0.246 e. The predicted molar refractivity (Wildman–Crippen MR) is 504 cm³/mol. The minimum atomic E-state index is -1.88. The normalized spacial score (nSPS) is 25.3. The second kappa shape index (κ2) is 50.9. The van der Waals surface area contributed by atoms with Gasteiger partial charge in [-0.2, -0.15) is 0 Å². The topological polar surface area (TPSA) is 645 Å². The van der Waals surface area contributed by atoms with Crippen molar-refractivity contribution in [2.75, 3.05) is 58.9 Å². The van der Waals surface area contributed by atoms with E-state index in [4.69, 9.17) is 22.6 Å². The number of thioether (sulfide) groups is 1. The Kier molecular flexibility index (Phi) is 39.9. The summed E-state index contributed by atoms with van der Waals surface area (Å²) in [5.41, 5.74) is 20.0. The van der Waals surface area contributed by atoms with Crippen molar-refractivity contribution < 1.29 is 92.0 Å². The van der Waals surface area contributed by atoms with Gasteiger partial charge in [-0.05, 0) is 119 Å². The lowest BCUT2D eigenvalue weighted by molar-refractivity contribution is -0.149. The SMILES string of the molecule is CCCC[C@H]1C(=O)N(C)[C@@H](CCCC)C(=O)N[C@@H](CCCNC(=N)N)C(O)NC(C(=O)NCC(N)=O)CSCC(=O)N[C@@H](Cc2ccc(O)cc2)C(=O)N(C)[C@@H](C)C(=O)N[C@@H](CC(N)=O)C(=O)N2CCC[C@H]2C(=O)N[C@@H](Cc2cnc[nH]2)C(=O)N[C@@H](CC(C)C)C(=O)N2[C@@H](C)CC[C@H]2C(=O)N[C@@H](Cc2c[nH]c3ccccc23)C(=O)N[C@@H](CO)C(=O)N[C@@H](Cc2c[nH]c3ccccc23)C(=O)N1C. The van der Waals surface area contributed by atoms with Crippen LogP contribution in [0.15, 0.2) is 97.7 Å². The van der Waals surface area contributed by atoms with Gasteiger partial charge in [-0.15, -0.1) is 11.8 Å². The summed E-state index contributed by atoms with van der Waals surface area (Å²) in [6.07, 6.45) is 4.60. The summed E-state index contributed by atoms with van der Waals surface area (Å²) < 4.78 is 0. The van der Waals surface area contributed by atoms with E-state index in [1.165, 1.54) is 79.6 Å². The van der Waals surface area contributed by atoms with Crippen LogP contribution in [0.3, 0.4) is 0 Å². The first-order chi connectivity index (χ1) is 64.8. The first-order valence-electron chi connectivity index (χ1n) is 46.1. The van der Waals surface area contributed by atoms with E-state index >= 15 is 38.4 Å². The molecule has 3 aromatic heterocycles. The zero-order valence-electron chi connectivity index (χ0n) is 78.2. The van der Waals surface area contributed by atoms with Crippen LogP contribution in [-0.2, 0) is 102 Å². The molecule has 3 aliphatic rings. The number of nitrogens with one attached hydrogen (secondary N) is 15. The molecule has 6 aromatic rings. The molecule has 2 unspecified atom stereocenters. The van der Waals surface area contributed by atoms with E-state index in [0.717, 1.165) is 21.6 Å². The third kappa shape index (κ3) is 29.4. The van der Waals surface area contributed by atoms with E-state index in [9.17, 15) is 53.7 Å². The number of H-pyrrole nitrogens is 3. The highest BCUT2D eigenvalue weighted by molar-refractivity contribution is 8.00. The van der Waals surface area contributed by atoms with Gasteiger partial charge in [0.25, 0.3) is 0 Å². The first-order valence-corrected chi connectivity index (χ1v) is 47.2. The second-order valence-corrected chi connectivity index (χ2v) is 36.5. The number of rotatable bonds is 26. The molecule has 0 bridgehead atoms. The lowest BCUT2D eigenvalue weighted by atomic mass is 10.00. The van der Waals surface area contributed by atoms with Gasteiger partial charge in [0, 0.05) is 118 Å². The minimum absolute atomic E-state index is 0.00718. The number of aromatic hydroxyl groups is 1. The fourth-order valence-electron chi connectivity index (χ4n) is 17.2. The number of nitrogens with zero attached hydrogens (tertiary/aromatic N) is 6. The molecule has 16 atom stereocenters. The quantitative estimate of drug-likeness (QED) is 0.0163. The van der Waals surface area contributed by atoms with Gasteiger partial charge in [0.1, 0.15) is 84.5 Å². The number of carbonyl (C=O) groups excluding carboxylic acids is 16. The highest BCUT2D eigenvalue weighted by Crippen LogP contribution is 2.30. The molecule has 0 aliphatic carbocycles. The fourth-order valence-corrected chi connectivity index (χ4v) is 18.1. The molecule has 24 N–H and O–H groups in total. The summed E-state index contributed by atoms with van der Waals surface area (Å²) in [7, 11) is 3.98. The molecule has 9 rings (SSSR count). The van der Waals surface area contributed by atoms with Crippen LogP contribution in [0.5, 0.6) is 5.75 Å². The molecule has 740 valence electrons. The first kappa shape index (κ1) is 106. The number of phenols is 1. The molecule has 3 aromatic carbocycles. The molecular formula is C92H132N24O19S. The van der Waals surface area contributed by atoms with Crippen molar-refractivity contribution in [3.8, 4) is 5.75 Å². The van der Waals surface area contributed by atoms with Crippen molar-refractivity contribution in [1.29, 1.82) is 5.41 Å². The van der Waals surface area contributed by atoms with Crippen LogP contribution in [-0.4, -0.2) is 316 Å². The van der Waals surface area contributed by atoms with Gasteiger partial charge in [0.15, 0.2) is 5.96 Å². The Bertz CT molecular complexity index is 5190. The monoisotopic (exact) mass is 1910 g/mol. The second-order valence-electron chi connectivity index (χ2n) is 35.4. The Morgan fingerprint density at radius 2 is 1.12 bits per heavy atom. The average Bonchev–Trinajstić information content (AvgIpc) is 1.67. The summed E-state index contributed by atoms with van der Waals surface area (Å²) >= 11 is 0.808. The minimum Gasteiger partial charge on any atom is -0.508 e. The Morgan fingerprint density at radius 1 is 0.566 bits per heavy atom. The number of guanidine groups is 1. The third-order valence-electron chi connectivity index (χ3n) is 24.8. The van der Waals surface area contributed by atoms with Crippen molar-refractivity contribution >= 4 is 134 Å². The Hall–Kier alpha value is -13.2. The number of primary amides is 2. The maximum absolute atomic E-state index is 15.8. The molecule has 0 saturated carbocycles. The molecule has 0 radical (unpaired) electrons. The molecule has 16 amide bonds. The van der Waals surface area contributed by atoms with Crippen molar-refractivity contribution in [1.82, 2.24) is 103 Å². The third-order valence-corrected chi connectivity index (χ3v) is 25.9. The van der Waals surface area contributed by atoms with Gasteiger partial charge in [0.2, 0.25) is 94.5 Å². The summed E-state index contributed by atoms with van der Waals surface area (Å²) in [4.78, 5) is 256. The number of unbranched alkanes of at least 4 members (excludes halogenated alkanes) is 2. The maximum atomic E-state index is 15.8. The number of phenolic OH excluding ortho intramolecular Hbond substituents is 1. The lowest BCUT2D eigenvalue weighted by Crippen LogP contribution is -2.62. The number of likely N-dealkylation sites (N-methyl/N-ethyl adjacent to an activating group) is 3. The van der Waals surface area contributed by atoms with Crippen LogP contribution in [0.2, 0.25) is 0 Å². The van der Waals surface area contributed by atoms with E-state index in [1.807, 2.05) is 13.8 Å². The molecule has 6 heterocycles. The van der Waals surface area contributed by atoms with E-state index < -0.39 is 223 Å². The summed E-state index contributed by atoms with van der Waals surface area (Å²) in [5.74, 6) is -16.0. The van der Waals surface area contributed by atoms with Crippen LogP contribution < -0.4 is 75.7 Å². The predicted octanol–water partition coefficient (Wildman–Crippen LogP) is -1.72. The number of imidazole rings is 1. The van der Waals surface area contributed by atoms with Gasteiger partial charge < -0.3 is 125 Å². The summed E-state index contributed by atoms with van der Waals surface area (Å²) in [6, 6.07) is -1.63. The van der Waals surface area contributed by atoms with E-state index in [0.29, 0.717) is 69.9 Å². The number of amides is 16. The Balaban J connectivity index is 1.10. The van der Waals surface area contributed by atoms with Crippen LogP contribution in [0.25, 0.3) is 21.8 Å². The number of aliphatic hydroxyl groups excluding tert-OH is 2. The van der Waals surface area contributed by atoms with Gasteiger partial charge in [-0.3, -0.25) is 87.4 Å². The van der Waals surface area contributed by atoms with Crippen molar-refractivity contribution in [3.63, 3.8) is 0 Å². The Morgan fingerprint density at radius 3 is 1.72 bits per heavy atom. The zero-order valence-corrected chi connectivity index (χ0v) is 79.0. The highest BCUT2D eigenvalue weighted by Gasteiger charge is 2.47. The van der Waals surface area contributed by atoms with Gasteiger partial charge in [-0.1, -0.05) is 102 Å².